The molecule has 0 saturated carbocycles. The van der Waals surface area contributed by atoms with Crippen molar-refractivity contribution in [3.05, 3.63) is 48.0 Å². The third kappa shape index (κ3) is 6.57. The number of sulfonamides is 1. The molecule has 1 saturated heterocycles. The van der Waals surface area contributed by atoms with Gasteiger partial charge in [-0.05, 0) is 49.7 Å². The number of hydrogen-bond donors (Lipinski definition) is 2. The Kier molecular flexibility index (Phi) is 8.85. The van der Waals surface area contributed by atoms with Crippen molar-refractivity contribution >= 4 is 25.9 Å². The van der Waals surface area contributed by atoms with E-state index in [9.17, 15) is 21.6 Å². The summed E-state index contributed by atoms with van der Waals surface area (Å²) in [6.45, 7) is 4.25. The van der Waals surface area contributed by atoms with Crippen LogP contribution in [-0.2, 0) is 29.8 Å². The van der Waals surface area contributed by atoms with Crippen LogP contribution in [0, 0.1) is 6.92 Å². The van der Waals surface area contributed by atoms with Crippen LogP contribution in [0.15, 0.2) is 52.3 Å². The van der Waals surface area contributed by atoms with Gasteiger partial charge in [0.15, 0.2) is 11.5 Å². The second-order valence-corrected chi connectivity index (χ2v) is 11.4. The van der Waals surface area contributed by atoms with E-state index in [1.165, 1.54) is 31.2 Å². The van der Waals surface area contributed by atoms with Crippen molar-refractivity contribution in [1.29, 1.82) is 0 Å². The first-order valence-electron chi connectivity index (χ1n) is 10.9. The number of ketones is 1. The molecule has 11 nitrogen and oxygen atoms in total. The lowest BCUT2D eigenvalue weighted by atomic mass is 10.2. The lowest BCUT2D eigenvalue weighted by Gasteiger charge is -2.33. The number of nitrogens with zero attached hydrogens (tertiary/aromatic N) is 1. The van der Waals surface area contributed by atoms with E-state index >= 15 is 0 Å². The van der Waals surface area contributed by atoms with Crippen molar-refractivity contribution in [2.45, 2.75) is 36.1 Å². The molecule has 0 radical (unpaired) electrons. The first kappa shape index (κ1) is 27.0. The number of benzene rings is 2. The Balaban J connectivity index is 1.88. The lowest BCUT2D eigenvalue weighted by Crippen LogP contribution is -2.56. The molecule has 0 spiro atoms. The van der Waals surface area contributed by atoms with Crippen LogP contribution in [0.1, 0.15) is 18.9 Å². The molecule has 13 heteroatoms. The molecule has 1 heterocycles. The van der Waals surface area contributed by atoms with Crippen LogP contribution in [0.5, 0.6) is 11.5 Å². The summed E-state index contributed by atoms with van der Waals surface area (Å²) in [5, 5.41) is 3.00. The van der Waals surface area contributed by atoms with E-state index in [2.05, 4.69) is 10.2 Å². The highest BCUT2D eigenvalue weighted by Gasteiger charge is 2.36. The topological polar surface area (TPSA) is 154 Å². The minimum atomic E-state index is -4.41. The number of hydrogen-bond acceptors (Lipinski definition) is 10. The Hall–Kier alpha value is -2.55. The van der Waals surface area contributed by atoms with Crippen molar-refractivity contribution in [1.82, 2.24) is 9.62 Å². The second-order valence-electron chi connectivity index (χ2n) is 7.98. The Morgan fingerprint density at radius 2 is 1.83 bits per heavy atom. The van der Waals surface area contributed by atoms with E-state index < -0.39 is 26.2 Å². The van der Waals surface area contributed by atoms with Gasteiger partial charge in [0.2, 0.25) is 10.0 Å². The summed E-state index contributed by atoms with van der Waals surface area (Å²) in [5.41, 5.74) is 0.823. The first-order valence-corrected chi connectivity index (χ1v) is 13.7. The van der Waals surface area contributed by atoms with E-state index in [0.717, 1.165) is 15.9 Å². The Bertz CT molecular complexity index is 1270. The normalized spacial score (nSPS) is 17.2. The number of carbonyl (C=O) groups is 1. The molecule has 1 aliphatic rings. The Labute approximate surface area is 205 Å². The largest absolute Gasteiger partial charge is 0.490 e. The zero-order valence-electron chi connectivity index (χ0n) is 19.5. The Morgan fingerprint density at radius 1 is 1.09 bits per heavy atom. The maximum absolute atomic E-state index is 13.3. The van der Waals surface area contributed by atoms with Crippen LogP contribution >= 0.6 is 0 Å². The molecule has 192 valence electrons. The minimum absolute atomic E-state index is 0.0451. The highest BCUT2D eigenvalue weighted by Crippen LogP contribution is 2.32. The van der Waals surface area contributed by atoms with Gasteiger partial charge in [-0.3, -0.25) is 4.79 Å². The monoisotopic (exact) mass is 527 g/mol. The molecule has 3 N–H and O–H groups in total. The molecule has 2 aromatic rings. The molecule has 0 amide bonds. The van der Waals surface area contributed by atoms with Crippen molar-refractivity contribution in [3.8, 4) is 11.5 Å². The fraction of sp³-hybridized carbons (Fsp3) is 0.409. The van der Waals surface area contributed by atoms with Crippen LogP contribution < -0.4 is 20.1 Å². The SMILES string of the molecule is CC(=O)C1CNCCN1S(=O)(=O)c1cccc(S(=O)(=O)Oc2ccc(C)cc2OCCCON)c1. The molecule has 1 atom stereocenters. The molecular weight excluding hydrogens is 498 g/mol. The second kappa shape index (κ2) is 11.5. The van der Waals surface area contributed by atoms with Gasteiger partial charge >= 0.3 is 10.1 Å². The number of nitrogens with two attached hydrogens (primary N) is 1. The van der Waals surface area contributed by atoms with Crippen LogP contribution in [-0.4, -0.2) is 65.8 Å². The predicted molar refractivity (Wildman–Crippen MR) is 127 cm³/mol. The summed E-state index contributed by atoms with van der Waals surface area (Å²) in [6, 6.07) is 8.73. The van der Waals surface area contributed by atoms with Crippen molar-refractivity contribution in [2.75, 3.05) is 32.8 Å². The number of Topliss-reactive ketones (excluding diaryl/α,β-unsaturated/α-hetero) is 1. The number of nitrogens with one attached hydrogen (secondary N) is 1. The summed E-state index contributed by atoms with van der Waals surface area (Å²) in [5.74, 6) is 4.85. The molecule has 2 aromatic carbocycles. The fourth-order valence-electron chi connectivity index (χ4n) is 3.53. The summed E-state index contributed by atoms with van der Waals surface area (Å²) in [7, 11) is -8.55. The first-order chi connectivity index (χ1) is 16.6. The van der Waals surface area contributed by atoms with Crippen molar-refractivity contribution < 1.29 is 35.4 Å². The Morgan fingerprint density at radius 3 is 2.54 bits per heavy atom. The van der Waals surface area contributed by atoms with Crippen LogP contribution in [0.3, 0.4) is 0 Å². The maximum atomic E-state index is 13.3. The average molecular weight is 528 g/mol. The number of rotatable bonds is 11. The molecule has 0 aromatic heterocycles. The fourth-order valence-corrected chi connectivity index (χ4v) is 6.28. The van der Waals surface area contributed by atoms with Gasteiger partial charge in [0.25, 0.3) is 0 Å². The number of carbonyl (C=O) groups excluding carboxylic acids is 1. The van der Waals surface area contributed by atoms with Crippen LogP contribution in [0.4, 0.5) is 0 Å². The molecule has 1 fully saturated rings. The smallest absolute Gasteiger partial charge is 0.339 e. The van der Waals surface area contributed by atoms with E-state index in [-0.39, 0.29) is 53.4 Å². The van der Waals surface area contributed by atoms with Crippen LogP contribution in [0.25, 0.3) is 0 Å². The molecule has 3 rings (SSSR count). The van der Waals surface area contributed by atoms with E-state index in [4.69, 9.17) is 14.8 Å². The van der Waals surface area contributed by atoms with Crippen LogP contribution in [0.2, 0.25) is 0 Å². The quantitative estimate of drug-likeness (QED) is 0.245. The summed E-state index contributed by atoms with van der Waals surface area (Å²) in [4.78, 5) is 15.9. The molecular formula is C22H29N3O8S2. The number of ether oxygens (including phenoxy) is 1. The third-order valence-electron chi connectivity index (χ3n) is 5.33. The van der Waals surface area contributed by atoms with Gasteiger partial charge in [-0.15, -0.1) is 0 Å². The van der Waals surface area contributed by atoms with E-state index in [0.29, 0.717) is 13.0 Å². The zero-order chi connectivity index (χ0) is 25.6. The van der Waals surface area contributed by atoms with Gasteiger partial charge in [0, 0.05) is 26.1 Å². The average Bonchev–Trinajstić information content (AvgIpc) is 2.83. The highest BCUT2D eigenvalue weighted by atomic mass is 32.2. The molecule has 1 unspecified atom stereocenters. The van der Waals surface area contributed by atoms with Gasteiger partial charge < -0.3 is 19.1 Å². The molecule has 1 aliphatic heterocycles. The van der Waals surface area contributed by atoms with E-state index in [1.807, 2.05) is 6.92 Å². The van der Waals surface area contributed by atoms with Gasteiger partial charge in [-0.25, -0.2) is 14.3 Å². The van der Waals surface area contributed by atoms with Gasteiger partial charge in [-0.2, -0.15) is 12.7 Å². The predicted octanol–water partition coefficient (Wildman–Crippen LogP) is 0.973. The number of piperazine rings is 1. The molecule has 35 heavy (non-hydrogen) atoms. The van der Waals surface area contributed by atoms with Gasteiger partial charge in [-0.1, -0.05) is 12.1 Å². The minimum Gasteiger partial charge on any atom is -0.490 e. The van der Waals surface area contributed by atoms with Gasteiger partial charge in [0.1, 0.15) is 10.7 Å². The zero-order valence-corrected chi connectivity index (χ0v) is 21.1. The highest BCUT2D eigenvalue weighted by molar-refractivity contribution is 7.89. The number of aryl methyl sites for hydroxylation is 1. The van der Waals surface area contributed by atoms with Gasteiger partial charge in [0.05, 0.1) is 24.2 Å². The molecule has 0 bridgehead atoms. The maximum Gasteiger partial charge on any atom is 0.339 e. The van der Waals surface area contributed by atoms with E-state index in [1.54, 1.807) is 12.1 Å². The lowest BCUT2D eigenvalue weighted by molar-refractivity contribution is -0.120. The summed E-state index contributed by atoms with van der Waals surface area (Å²) in [6.07, 6.45) is 0.476. The third-order valence-corrected chi connectivity index (χ3v) is 8.46. The summed E-state index contributed by atoms with van der Waals surface area (Å²) < 4.78 is 64.7. The van der Waals surface area contributed by atoms with Crippen molar-refractivity contribution in [2.24, 2.45) is 5.90 Å². The molecule has 0 aliphatic carbocycles. The van der Waals surface area contributed by atoms with Crippen molar-refractivity contribution in [3.63, 3.8) is 0 Å². The summed E-state index contributed by atoms with van der Waals surface area (Å²) >= 11 is 0. The standard InChI is InChI=1S/C22H29N3O8S2/c1-16-7-8-21(22(13-16)31-11-4-12-32-23)33-35(29,30)19-6-3-5-18(14-19)34(27,28)25-10-9-24-15-20(25)17(2)26/h3,5-8,13-14,20,24H,4,9-12,15,23H2,1-2H3.